The minimum absolute atomic E-state index is 0.000231. The van der Waals surface area contributed by atoms with Crippen LogP contribution in [-0.2, 0) is 9.53 Å². The van der Waals surface area contributed by atoms with Gasteiger partial charge in [-0.3, -0.25) is 4.79 Å². The van der Waals surface area contributed by atoms with E-state index in [9.17, 15) is 4.79 Å². The van der Waals surface area contributed by atoms with Crippen molar-refractivity contribution in [2.45, 2.75) is 12.3 Å². The van der Waals surface area contributed by atoms with Gasteiger partial charge in [0.2, 0.25) is 0 Å². The Morgan fingerprint density at radius 2 is 1.59 bits per heavy atom. The van der Waals surface area contributed by atoms with Gasteiger partial charge in [-0.05, 0) is 21.9 Å². The highest BCUT2D eigenvalue weighted by Gasteiger charge is 2.20. The summed E-state index contributed by atoms with van der Waals surface area (Å²) in [6.45, 7) is 0. The van der Waals surface area contributed by atoms with Crippen LogP contribution < -0.4 is 0 Å². The van der Waals surface area contributed by atoms with Gasteiger partial charge in [0.25, 0.3) is 0 Å². The third kappa shape index (κ3) is 2.86. The van der Waals surface area contributed by atoms with Crippen molar-refractivity contribution in [2.75, 3.05) is 7.11 Å². The van der Waals surface area contributed by atoms with Gasteiger partial charge < -0.3 is 4.74 Å². The van der Waals surface area contributed by atoms with Crippen LogP contribution in [0, 0.1) is 0 Å². The summed E-state index contributed by atoms with van der Waals surface area (Å²) in [4.78, 5) is 11.9. The van der Waals surface area contributed by atoms with E-state index in [2.05, 4.69) is 36.4 Å². The Hall–Kier alpha value is -2.61. The van der Waals surface area contributed by atoms with Gasteiger partial charge in [0.05, 0.1) is 13.5 Å². The predicted octanol–water partition coefficient (Wildman–Crippen LogP) is 4.53. The highest BCUT2D eigenvalue weighted by Crippen LogP contribution is 2.33. The molecule has 2 nitrogen and oxygen atoms in total. The topological polar surface area (TPSA) is 26.3 Å². The van der Waals surface area contributed by atoms with Crippen molar-refractivity contribution in [1.29, 1.82) is 0 Å². The largest absolute Gasteiger partial charge is 0.469 e. The van der Waals surface area contributed by atoms with E-state index in [1.165, 1.54) is 17.9 Å². The lowest BCUT2D eigenvalue weighted by Crippen LogP contribution is -2.10. The van der Waals surface area contributed by atoms with Gasteiger partial charge >= 0.3 is 5.97 Å². The zero-order valence-electron chi connectivity index (χ0n) is 12.5. The number of carbonyl (C=O) groups is 1. The second kappa shape index (κ2) is 6.44. The Balaban J connectivity index is 2.13. The van der Waals surface area contributed by atoms with Crippen LogP contribution in [0.3, 0.4) is 0 Å². The quantitative estimate of drug-likeness (QED) is 0.660. The van der Waals surface area contributed by atoms with Gasteiger partial charge in [-0.2, -0.15) is 0 Å². The number of hydrogen-bond acceptors (Lipinski definition) is 2. The first-order chi connectivity index (χ1) is 10.8. The Morgan fingerprint density at radius 1 is 0.909 bits per heavy atom. The lowest BCUT2D eigenvalue weighted by molar-refractivity contribution is -0.140. The molecule has 0 radical (unpaired) electrons. The van der Waals surface area contributed by atoms with E-state index < -0.39 is 0 Å². The minimum Gasteiger partial charge on any atom is -0.469 e. The van der Waals surface area contributed by atoms with Gasteiger partial charge in [0.1, 0.15) is 0 Å². The molecule has 0 heterocycles. The van der Waals surface area contributed by atoms with Crippen molar-refractivity contribution >= 4 is 16.7 Å². The maximum absolute atomic E-state index is 11.9. The molecular formula is C20H18O2. The molecule has 22 heavy (non-hydrogen) atoms. The molecule has 0 aromatic heterocycles. The first kappa shape index (κ1) is 14.3. The molecule has 0 amide bonds. The average molecular weight is 290 g/mol. The molecule has 0 unspecified atom stereocenters. The van der Waals surface area contributed by atoms with Crippen LogP contribution in [0.15, 0.2) is 72.8 Å². The Morgan fingerprint density at radius 3 is 2.36 bits per heavy atom. The summed E-state index contributed by atoms with van der Waals surface area (Å²) < 4.78 is 4.90. The Bertz CT molecular complexity index is 773. The van der Waals surface area contributed by atoms with Gasteiger partial charge in [-0.15, -0.1) is 0 Å². The fraction of sp³-hybridized carbons (Fsp3) is 0.150. The number of rotatable bonds is 4. The molecule has 3 aromatic carbocycles. The van der Waals surface area contributed by atoms with Crippen molar-refractivity contribution in [1.82, 2.24) is 0 Å². The Kier molecular flexibility index (Phi) is 4.19. The minimum atomic E-state index is -0.193. The van der Waals surface area contributed by atoms with Gasteiger partial charge in [-0.25, -0.2) is 0 Å². The van der Waals surface area contributed by atoms with Gasteiger partial charge in [-0.1, -0.05) is 72.8 Å². The van der Waals surface area contributed by atoms with Crippen molar-refractivity contribution in [3.8, 4) is 0 Å². The molecule has 0 saturated heterocycles. The van der Waals surface area contributed by atoms with Crippen LogP contribution in [0.5, 0.6) is 0 Å². The van der Waals surface area contributed by atoms with Crippen molar-refractivity contribution in [3.05, 3.63) is 83.9 Å². The summed E-state index contributed by atoms with van der Waals surface area (Å²) in [5.41, 5.74) is 2.29. The summed E-state index contributed by atoms with van der Waals surface area (Å²) in [6.07, 6.45) is 0.342. The molecule has 0 bridgehead atoms. The van der Waals surface area contributed by atoms with Crippen molar-refractivity contribution < 1.29 is 9.53 Å². The van der Waals surface area contributed by atoms with E-state index in [0.717, 1.165) is 11.1 Å². The van der Waals surface area contributed by atoms with E-state index in [1.54, 1.807) is 0 Å². The predicted molar refractivity (Wildman–Crippen MR) is 88.9 cm³/mol. The standard InChI is InChI=1S/C20H18O2/c1-22-20(21)14-19(16-8-3-2-4-9-16)18-13-7-11-15-10-5-6-12-17(15)18/h2-13,19H,14H2,1H3/t19-/m1/s1. The van der Waals surface area contributed by atoms with E-state index in [1.807, 2.05) is 36.4 Å². The van der Waals surface area contributed by atoms with Crippen molar-refractivity contribution in [3.63, 3.8) is 0 Å². The number of benzene rings is 3. The molecule has 2 heteroatoms. The molecule has 0 spiro atoms. The molecule has 0 aliphatic heterocycles. The van der Waals surface area contributed by atoms with E-state index in [4.69, 9.17) is 4.74 Å². The molecule has 3 aromatic rings. The molecule has 0 fully saturated rings. The highest BCUT2D eigenvalue weighted by molar-refractivity contribution is 5.87. The monoisotopic (exact) mass is 290 g/mol. The normalized spacial score (nSPS) is 12.0. The first-order valence-electron chi connectivity index (χ1n) is 7.39. The van der Waals surface area contributed by atoms with Crippen LogP contribution in [0.4, 0.5) is 0 Å². The second-order valence-corrected chi connectivity index (χ2v) is 5.31. The maximum atomic E-state index is 11.9. The summed E-state index contributed by atoms with van der Waals surface area (Å²) in [7, 11) is 1.44. The molecule has 110 valence electrons. The molecule has 0 aliphatic carbocycles. The smallest absolute Gasteiger partial charge is 0.306 e. The van der Waals surface area contributed by atoms with Crippen molar-refractivity contribution in [2.24, 2.45) is 0 Å². The van der Waals surface area contributed by atoms with Crippen LogP contribution in [0.25, 0.3) is 10.8 Å². The van der Waals surface area contributed by atoms with E-state index in [0.29, 0.717) is 6.42 Å². The second-order valence-electron chi connectivity index (χ2n) is 5.31. The van der Waals surface area contributed by atoms with Crippen LogP contribution >= 0.6 is 0 Å². The summed E-state index contributed by atoms with van der Waals surface area (Å²) >= 11 is 0. The number of fused-ring (bicyclic) bond motifs is 1. The maximum Gasteiger partial charge on any atom is 0.306 e. The molecule has 0 N–H and O–H groups in total. The molecule has 1 atom stereocenters. The molecular weight excluding hydrogens is 272 g/mol. The lowest BCUT2D eigenvalue weighted by atomic mass is 9.85. The Labute approximate surface area is 130 Å². The van der Waals surface area contributed by atoms with Crippen LogP contribution in [0.1, 0.15) is 23.5 Å². The fourth-order valence-electron chi connectivity index (χ4n) is 2.90. The lowest BCUT2D eigenvalue weighted by Gasteiger charge is -2.19. The summed E-state index contributed by atoms with van der Waals surface area (Å²) in [5.74, 6) is -0.193. The number of hydrogen-bond donors (Lipinski definition) is 0. The van der Waals surface area contributed by atoms with Crippen LogP contribution in [-0.4, -0.2) is 13.1 Å². The molecule has 0 aliphatic rings. The van der Waals surface area contributed by atoms with E-state index in [-0.39, 0.29) is 11.9 Å². The third-order valence-electron chi connectivity index (χ3n) is 4.00. The zero-order valence-corrected chi connectivity index (χ0v) is 12.5. The zero-order chi connectivity index (χ0) is 15.4. The highest BCUT2D eigenvalue weighted by atomic mass is 16.5. The summed E-state index contributed by atoms with van der Waals surface area (Å²) in [6, 6.07) is 24.6. The fourth-order valence-corrected chi connectivity index (χ4v) is 2.90. The average Bonchev–Trinajstić information content (AvgIpc) is 2.60. The third-order valence-corrected chi connectivity index (χ3v) is 4.00. The number of ether oxygens (including phenoxy) is 1. The molecule has 0 saturated carbocycles. The number of methoxy groups -OCH3 is 1. The number of esters is 1. The first-order valence-corrected chi connectivity index (χ1v) is 7.39. The van der Waals surface area contributed by atoms with Gasteiger partial charge in [0.15, 0.2) is 0 Å². The van der Waals surface area contributed by atoms with E-state index >= 15 is 0 Å². The van der Waals surface area contributed by atoms with Crippen LogP contribution in [0.2, 0.25) is 0 Å². The molecule has 3 rings (SSSR count). The number of carbonyl (C=O) groups excluding carboxylic acids is 1. The SMILES string of the molecule is COC(=O)C[C@H](c1ccccc1)c1cccc2ccccc12. The summed E-state index contributed by atoms with van der Waals surface area (Å²) in [5, 5.41) is 2.37. The van der Waals surface area contributed by atoms with Gasteiger partial charge in [0, 0.05) is 5.92 Å².